The fourth-order valence-electron chi connectivity index (χ4n) is 2.60. The van der Waals surface area contributed by atoms with Crippen LogP contribution in [0, 0.1) is 0 Å². The Morgan fingerprint density at radius 2 is 2.11 bits per heavy atom. The molecular weight excluding hydrogens is 264 g/mol. The van der Waals surface area contributed by atoms with Crippen molar-refractivity contribution in [3.05, 3.63) is 0 Å². The average Bonchev–Trinajstić information content (AvgIpc) is 3.13. The Balaban J connectivity index is 1.90. The molecule has 2 N–H and O–H groups in total. The molecule has 0 bridgehead atoms. The van der Waals surface area contributed by atoms with Crippen molar-refractivity contribution in [1.82, 2.24) is 10.6 Å². The topological polar surface area (TPSA) is 67.4 Å². The van der Waals surface area contributed by atoms with E-state index in [9.17, 15) is 9.59 Å². The van der Waals surface area contributed by atoms with Gasteiger partial charge >= 0.3 is 5.97 Å². The maximum atomic E-state index is 12.1. The predicted molar refractivity (Wildman–Crippen MR) is 75.1 cm³/mol. The number of rotatable bonds is 6. The minimum atomic E-state index is -0.518. The molecule has 5 nitrogen and oxygen atoms in total. The molecule has 2 unspecified atom stereocenters. The first kappa shape index (κ1) is 14.7. The quantitative estimate of drug-likeness (QED) is 0.703. The Bertz CT molecular complexity index is 360. The number of ether oxygens (including phenoxy) is 1. The van der Waals surface area contributed by atoms with Gasteiger partial charge in [0.25, 0.3) is 0 Å². The first-order valence-corrected chi connectivity index (χ1v) is 7.83. The molecule has 2 atom stereocenters. The summed E-state index contributed by atoms with van der Waals surface area (Å²) in [7, 11) is 3.09. The van der Waals surface area contributed by atoms with Crippen LogP contribution in [0.4, 0.5) is 0 Å². The molecule has 0 aromatic heterocycles. The van der Waals surface area contributed by atoms with Gasteiger partial charge in [-0.3, -0.25) is 14.9 Å². The van der Waals surface area contributed by atoms with E-state index >= 15 is 0 Å². The average molecular weight is 286 g/mol. The predicted octanol–water partition coefficient (Wildman–Crippen LogP) is 0.682. The molecule has 0 aromatic rings. The molecule has 2 saturated carbocycles. The van der Waals surface area contributed by atoms with E-state index in [1.807, 2.05) is 0 Å². The highest BCUT2D eigenvalue weighted by molar-refractivity contribution is 8.00. The summed E-state index contributed by atoms with van der Waals surface area (Å²) in [6.45, 7) is 0. The van der Waals surface area contributed by atoms with Crippen LogP contribution in [0.25, 0.3) is 0 Å². The molecule has 0 saturated heterocycles. The molecular formula is C13H22N2O3S. The number of carbonyl (C=O) groups excluding carboxylic acids is 2. The van der Waals surface area contributed by atoms with E-state index in [1.54, 1.807) is 18.8 Å². The van der Waals surface area contributed by atoms with Crippen LogP contribution < -0.4 is 10.6 Å². The lowest BCUT2D eigenvalue weighted by molar-refractivity contribution is -0.148. The first-order valence-electron chi connectivity index (χ1n) is 6.78. The van der Waals surface area contributed by atoms with Crippen molar-refractivity contribution in [2.24, 2.45) is 0 Å². The van der Waals surface area contributed by atoms with E-state index in [-0.39, 0.29) is 11.9 Å². The van der Waals surface area contributed by atoms with E-state index in [2.05, 4.69) is 10.6 Å². The molecule has 2 rings (SSSR count). The van der Waals surface area contributed by atoms with Gasteiger partial charge in [0.05, 0.1) is 12.9 Å². The Hall–Kier alpha value is -0.750. The molecule has 19 heavy (non-hydrogen) atoms. The van der Waals surface area contributed by atoms with Gasteiger partial charge in [0.1, 0.15) is 5.54 Å². The standard InChI is InChI=1S/C13H22N2O3S/c1-14-11(16)8-19-10-5-6-13(7-10,12(17)18-2)15-9-3-4-9/h9-10,15H,3-8H2,1-2H3,(H,14,16). The molecule has 1 amide bonds. The van der Waals surface area contributed by atoms with Crippen molar-refractivity contribution in [2.45, 2.75) is 48.9 Å². The normalized spacial score (nSPS) is 30.1. The zero-order valence-electron chi connectivity index (χ0n) is 11.5. The van der Waals surface area contributed by atoms with Gasteiger partial charge < -0.3 is 10.1 Å². The van der Waals surface area contributed by atoms with E-state index in [1.165, 1.54) is 7.11 Å². The van der Waals surface area contributed by atoms with Gasteiger partial charge in [-0.2, -0.15) is 0 Å². The summed E-state index contributed by atoms with van der Waals surface area (Å²) in [5, 5.41) is 6.43. The summed E-state index contributed by atoms with van der Waals surface area (Å²) in [5.41, 5.74) is -0.518. The molecule has 6 heteroatoms. The van der Waals surface area contributed by atoms with Crippen molar-refractivity contribution in [1.29, 1.82) is 0 Å². The molecule has 108 valence electrons. The maximum absolute atomic E-state index is 12.1. The minimum Gasteiger partial charge on any atom is -0.468 e. The zero-order valence-corrected chi connectivity index (χ0v) is 12.3. The van der Waals surface area contributed by atoms with E-state index in [0.29, 0.717) is 17.0 Å². The minimum absolute atomic E-state index is 0.0377. The lowest BCUT2D eigenvalue weighted by Crippen LogP contribution is -2.52. The molecule has 2 aliphatic carbocycles. The van der Waals surface area contributed by atoms with Gasteiger partial charge in [-0.25, -0.2) is 0 Å². The highest BCUT2D eigenvalue weighted by Crippen LogP contribution is 2.40. The number of carbonyl (C=O) groups is 2. The highest BCUT2D eigenvalue weighted by atomic mass is 32.2. The molecule has 0 radical (unpaired) electrons. The van der Waals surface area contributed by atoms with Crippen molar-refractivity contribution in [3.8, 4) is 0 Å². The zero-order chi connectivity index (χ0) is 13.9. The number of hydrogen-bond acceptors (Lipinski definition) is 5. The van der Waals surface area contributed by atoms with Gasteiger partial charge in [0, 0.05) is 18.3 Å². The van der Waals surface area contributed by atoms with Crippen LogP contribution in [0.2, 0.25) is 0 Å². The van der Waals surface area contributed by atoms with Crippen LogP contribution in [0.15, 0.2) is 0 Å². The third-order valence-electron chi connectivity index (χ3n) is 3.83. The summed E-state index contributed by atoms with van der Waals surface area (Å²) in [6.07, 6.45) is 4.82. The summed E-state index contributed by atoms with van der Waals surface area (Å²) in [6, 6.07) is 0.474. The Kier molecular flexibility index (Phi) is 4.73. The summed E-state index contributed by atoms with van der Waals surface area (Å²) in [5.74, 6) is 0.347. The van der Waals surface area contributed by atoms with Crippen molar-refractivity contribution in [3.63, 3.8) is 0 Å². The molecule has 0 aromatic carbocycles. The largest absolute Gasteiger partial charge is 0.468 e. The third-order valence-corrected chi connectivity index (χ3v) is 5.13. The summed E-state index contributed by atoms with van der Waals surface area (Å²) < 4.78 is 4.97. The lowest BCUT2D eigenvalue weighted by atomic mass is 9.97. The number of methoxy groups -OCH3 is 1. The first-order chi connectivity index (χ1) is 9.09. The van der Waals surface area contributed by atoms with Crippen LogP contribution in [0.5, 0.6) is 0 Å². The van der Waals surface area contributed by atoms with Crippen molar-refractivity contribution >= 4 is 23.6 Å². The fourth-order valence-corrected chi connectivity index (χ4v) is 3.82. The Labute approximate surface area is 118 Å². The number of nitrogens with one attached hydrogen (secondary N) is 2. The lowest BCUT2D eigenvalue weighted by Gasteiger charge is -2.27. The maximum Gasteiger partial charge on any atom is 0.326 e. The van der Waals surface area contributed by atoms with Gasteiger partial charge in [0.2, 0.25) is 5.91 Å². The molecule has 2 aliphatic rings. The van der Waals surface area contributed by atoms with Gasteiger partial charge in [-0.05, 0) is 32.1 Å². The van der Waals surface area contributed by atoms with Crippen molar-refractivity contribution < 1.29 is 14.3 Å². The van der Waals surface area contributed by atoms with Crippen LogP contribution in [0.1, 0.15) is 32.1 Å². The van der Waals surface area contributed by atoms with Crippen LogP contribution in [-0.4, -0.2) is 48.6 Å². The smallest absolute Gasteiger partial charge is 0.326 e. The Morgan fingerprint density at radius 1 is 1.37 bits per heavy atom. The van der Waals surface area contributed by atoms with E-state index < -0.39 is 5.54 Å². The molecule has 0 spiro atoms. The van der Waals surface area contributed by atoms with Crippen LogP contribution in [-0.2, 0) is 14.3 Å². The Morgan fingerprint density at radius 3 is 2.68 bits per heavy atom. The number of amides is 1. The summed E-state index contributed by atoms with van der Waals surface area (Å²) >= 11 is 1.63. The fraction of sp³-hybridized carbons (Fsp3) is 0.846. The molecule has 0 aliphatic heterocycles. The van der Waals surface area contributed by atoms with Gasteiger partial charge in [-0.15, -0.1) is 11.8 Å². The van der Waals surface area contributed by atoms with Crippen LogP contribution in [0.3, 0.4) is 0 Å². The van der Waals surface area contributed by atoms with E-state index in [4.69, 9.17) is 4.74 Å². The number of hydrogen-bond donors (Lipinski definition) is 2. The molecule has 2 fully saturated rings. The SMILES string of the molecule is CNC(=O)CSC1CCC(NC2CC2)(C(=O)OC)C1. The third kappa shape index (κ3) is 3.63. The monoisotopic (exact) mass is 286 g/mol. The second-order valence-electron chi connectivity index (χ2n) is 5.34. The van der Waals surface area contributed by atoms with Gasteiger partial charge in [-0.1, -0.05) is 0 Å². The highest BCUT2D eigenvalue weighted by Gasteiger charge is 2.48. The molecule has 0 heterocycles. The number of thioether (sulfide) groups is 1. The summed E-state index contributed by atoms with van der Waals surface area (Å²) in [4.78, 5) is 23.3. The van der Waals surface area contributed by atoms with Gasteiger partial charge in [0.15, 0.2) is 0 Å². The van der Waals surface area contributed by atoms with Crippen LogP contribution >= 0.6 is 11.8 Å². The number of esters is 1. The van der Waals surface area contributed by atoms with E-state index in [0.717, 1.165) is 32.1 Å². The second-order valence-corrected chi connectivity index (χ2v) is 6.63. The second kappa shape index (κ2) is 6.13. The van der Waals surface area contributed by atoms with Crippen molar-refractivity contribution in [2.75, 3.05) is 19.9 Å².